The lowest BCUT2D eigenvalue weighted by Crippen LogP contribution is -2.32. The highest BCUT2D eigenvalue weighted by Crippen LogP contribution is 2.24. The predicted molar refractivity (Wildman–Crippen MR) is 76.9 cm³/mol. The maximum absolute atomic E-state index is 9.40. The molecule has 2 unspecified atom stereocenters. The van der Waals surface area contributed by atoms with Crippen molar-refractivity contribution in [3.63, 3.8) is 0 Å². The first-order chi connectivity index (χ1) is 9.86. The van der Waals surface area contributed by atoms with Crippen molar-refractivity contribution in [2.75, 3.05) is 36.5 Å². The second kappa shape index (κ2) is 6.37. The minimum atomic E-state index is 0.183. The van der Waals surface area contributed by atoms with Crippen molar-refractivity contribution >= 4 is 11.6 Å². The second-order valence-corrected chi connectivity index (χ2v) is 5.45. The van der Waals surface area contributed by atoms with Crippen LogP contribution >= 0.6 is 0 Å². The third-order valence-electron chi connectivity index (χ3n) is 4.07. The SMILES string of the molecule is OCC1CCCN1c1cc(NCC2CCCO2)ncn1. The van der Waals surface area contributed by atoms with E-state index in [2.05, 4.69) is 20.2 Å². The summed E-state index contributed by atoms with van der Waals surface area (Å²) >= 11 is 0. The van der Waals surface area contributed by atoms with Gasteiger partial charge in [-0.3, -0.25) is 0 Å². The van der Waals surface area contributed by atoms with Crippen molar-refractivity contribution in [2.24, 2.45) is 0 Å². The van der Waals surface area contributed by atoms with Gasteiger partial charge in [0.2, 0.25) is 0 Å². The van der Waals surface area contributed by atoms with Gasteiger partial charge in [0, 0.05) is 25.8 Å². The molecule has 3 heterocycles. The number of aliphatic hydroxyl groups excluding tert-OH is 1. The van der Waals surface area contributed by atoms with Crippen LogP contribution < -0.4 is 10.2 Å². The predicted octanol–water partition coefficient (Wildman–Crippen LogP) is 1.03. The number of anilines is 2. The summed E-state index contributed by atoms with van der Waals surface area (Å²) in [5.74, 6) is 1.72. The number of hydrogen-bond acceptors (Lipinski definition) is 6. The minimum Gasteiger partial charge on any atom is -0.394 e. The molecule has 0 aromatic carbocycles. The van der Waals surface area contributed by atoms with Crippen LogP contribution in [0.2, 0.25) is 0 Å². The molecule has 2 fully saturated rings. The fraction of sp³-hybridized carbons (Fsp3) is 0.714. The Kier molecular flexibility index (Phi) is 4.32. The highest BCUT2D eigenvalue weighted by molar-refractivity contribution is 5.49. The van der Waals surface area contributed by atoms with Gasteiger partial charge < -0.3 is 20.1 Å². The zero-order chi connectivity index (χ0) is 13.8. The Morgan fingerprint density at radius 1 is 1.35 bits per heavy atom. The van der Waals surface area contributed by atoms with Crippen molar-refractivity contribution < 1.29 is 9.84 Å². The second-order valence-electron chi connectivity index (χ2n) is 5.45. The molecular formula is C14H22N4O2. The Labute approximate surface area is 119 Å². The first-order valence-corrected chi connectivity index (χ1v) is 7.42. The average molecular weight is 278 g/mol. The number of hydrogen-bond donors (Lipinski definition) is 2. The highest BCUT2D eigenvalue weighted by Gasteiger charge is 2.25. The van der Waals surface area contributed by atoms with Crippen LogP contribution in [0.5, 0.6) is 0 Å². The lowest BCUT2D eigenvalue weighted by atomic mass is 10.2. The summed E-state index contributed by atoms with van der Waals surface area (Å²) in [6.07, 6.45) is 6.27. The summed E-state index contributed by atoms with van der Waals surface area (Å²) in [7, 11) is 0. The lowest BCUT2D eigenvalue weighted by molar-refractivity contribution is 0.120. The van der Waals surface area contributed by atoms with Crippen LogP contribution in [0.3, 0.4) is 0 Å². The van der Waals surface area contributed by atoms with Crippen LogP contribution in [-0.2, 0) is 4.74 Å². The van der Waals surface area contributed by atoms with Crippen LogP contribution in [0, 0.1) is 0 Å². The first kappa shape index (κ1) is 13.6. The average Bonchev–Trinajstić information content (AvgIpc) is 3.16. The zero-order valence-electron chi connectivity index (χ0n) is 11.7. The van der Waals surface area contributed by atoms with E-state index in [0.29, 0.717) is 6.10 Å². The number of aromatic nitrogens is 2. The molecule has 1 aromatic heterocycles. The normalized spacial score (nSPS) is 26.1. The van der Waals surface area contributed by atoms with E-state index in [9.17, 15) is 5.11 Å². The monoisotopic (exact) mass is 278 g/mol. The summed E-state index contributed by atoms with van der Waals surface area (Å²) in [4.78, 5) is 10.8. The van der Waals surface area contributed by atoms with Crippen LogP contribution in [0.1, 0.15) is 25.7 Å². The summed E-state index contributed by atoms with van der Waals surface area (Å²) in [5, 5.41) is 12.7. The molecule has 2 atom stereocenters. The number of rotatable bonds is 5. The molecule has 0 radical (unpaired) electrons. The molecule has 0 spiro atoms. The first-order valence-electron chi connectivity index (χ1n) is 7.42. The number of nitrogens with zero attached hydrogens (tertiary/aromatic N) is 3. The van der Waals surface area contributed by atoms with Crippen molar-refractivity contribution in [1.29, 1.82) is 0 Å². The molecule has 2 aliphatic rings. The van der Waals surface area contributed by atoms with Crippen LogP contribution in [0.25, 0.3) is 0 Å². The molecule has 0 bridgehead atoms. The minimum absolute atomic E-state index is 0.183. The van der Waals surface area contributed by atoms with E-state index < -0.39 is 0 Å². The van der Waals surface area contributed by atoms with Crippen molar-refractivity contribution in [2.45, 2.75) is 37.8 Å². The molecule has 1 aromatic rings. The summed E-state index contributed by atoms with van der Waals surface area (Å²) in [5.41, 5.74) is 0. The number of nitrogens with one attached hydrogen (secondary N) is 1. The van der Waals surface area contributed by atoms with Crippen molar-refractivity contribution in [3.8, 4) is 0 Å². The molecule has 2 aliphatic heterocycles. The van der Waals surface area contributed by atoms with Crippen LogP contribution in [0.15, 0.2) is 12.4 Å². The van der Waals surface area contributed by atoms with E-state index >= 15 is 0 Å². The molecule has 110 valence electrons. The molecule has 3 rings (SSSR count). The Balaban J connectivity index is 1.63. The van der Waals surface area contributed by atoms with Gasteiger partial charge in [0.15, 0.2) is 0 Å². The fourth-order valence-corrected chi connectivity index (χ4v) is 2.95. The summed E-state index contributed by atoms with van der Waals surface area (Å²) < 4.78 is 5.59. The van der Waals surface area contributed by atoms with E-state index in [0.717, 1.165) is 57.0 Å². The number of aliphatic hydroxyl groups is 1. The quantitative estimate of drug-likeness (QED) is 0.838. The molecule has 0 aliphatic carbocycles. The van der Waals surface area contributed by atoms with Gasteiger partial charge in [0.05, 0.1) is 18.8 Å². The number of ether oxygens (including phenoxy) is 1. The zero-order valence-corrected chi connectivity index (χ0v) is 11.7. The molecule has 6 heteroatoms. The lowest BCUT2D eigenvalue weighted by Gasteiger charge is -2.24. The van der Waals surface area contributed by atoms with Crippen LogP contribution in [0.4, 0.5) is 11.6 Å². The fourth-order valence-electron chi connectivity index (χ4n) is 2.95. The Morgan fingerprint density at radius 3 is 3.10 bits per heavy atom. The van der Waals surface area contributed by atoms with E-state index in [4.69, 9.17) is 4.74 Å². The molecule has 0 saturated carbocycles. The maximum atomic E-state index is 9.40. The smallest absolute Gasteiger partial charge is 0.134 e. The molecule has 20 heavy (non-hydrogen) atoms. The summed E-state index contributed by atoms with van der Waals surface area (Å²) in [6.45, 7) is 2.79. The maximum Gasteiger partial charge on any atom is 0.134 e. The Bertz CT molecular complexity index is 437. The van der Waals surface area contributed by atoms with E-state index in [-0.39, 0.29) is 12.6 Å². The van der Waals surface area contributed by atoms with E-state index in [1.807, 2.05) is 6.07 Å². The van der Waals surface area contributed by atoms with Gasteiger partial charge in [0.25, 0.3) is 0 Å². The highest BCUT2D eigenvalue weighted by atomic mass is 16.5. The third kappa shape index (κ3) is 3.02. The van der Waals surface area contributed by atoms with Gasteiger partial charge in [-0.15, -0.1) is 0 Å². The van der Waals surface area contributed by atoms with Gasteiger partial charge in [-0.1, -0.05) is 0 Å². The van der Waals surface area contributed by atoms with Gasteiger partial charge in [-0.05, 0) is 25.7 Å². The summed E-state index contributed by atoms with van der Waals surface area (Å²) in [6, 6.07) is 2.15. The van der Waals surface area contributed by atoms with Crippen LogP contribution in [-0.4, -0.2) is 53.5 Å². The molecule has 6 nitrogen and oxygen atoms in total. The molecule has 2 saturated heterocycles. The van der Waals surface area contributed by atoms with Gasteiger partial charge in [-0.2, -0.15) is 0 Å². The van der Waals surface area contributed by atoms with Gasteiger partial charge >= 0.3 is 0 Å². The largest absolute Gasteiger partial charge is 0.394 e. The van der Waals surface area contributed by atoms with E-state index in [1.165, 1.54) is 0 Å². The van der Waals surface area contributed by atoms with Gasteiger partial charge in [-0.25, -0.2) is 9.97 Å². The van der Waals surface area contributed by atoms with Crippen molar-refractivity contribution in [1.82, 2.24) is 9.97 Å². The molecule has 0 amide bonds. The molecule has 2 N–H and O–H groups in total. The molecular weight excluding hydrogens is 256 g/mol. The van der Waals surface area contributed by atoms with E-state index in [1.54, 1.807) is 6.33 Å². The standard InChI is InChI=1S/C14H22N4O2/c19-9-11-3-1-5-18(11)14-7-13(16-10-17-14)15-8-12-4-2-6-20-12/h7,10-12,19H,1-6,8-9H2,(H,15,16,17). The van der Waals surface area contributed by atoms with Gasteiger partial charge in [0.1, 0.15) is 18.0 Å². The Hall–Kier alpha value is -1.40. The Morgan fingerprint density at radius 2 is 2.30 bits per heavy atom. The third-order valence-corrected chi connectivity index (χ3v) is 4.07. The van der Waals surface area contributed by atoms with Crippen molar-refractivity contribution in [3.05, 3.63) is 12.4 Å². The topological polar surface area (TPSA) is 70.5 Å².